The number of carbonyl (C=O) groups excluding carboxylic acids is 1. The molecule has 1 aromatic carbocycles. The Kier molecular flexibility index (Phi) is 4.91. The normalized spacial score (nSPS) is 27.0. The highest BCUT2D eigenvalue weighted by molar-refractivity contribution is 5.93. The molecule has 4 atom stereocenters. The number of nitrogens with zero attached hydrogens (tertiary/aromatic N) is 2. The molecule has 1 saturated carbocycles. The lowest BCUT2D eigenvalue weighted by Gasteiger charge is -2.38. The summed E-state index contributed by atoms with van der Waals surface area (Å²) >= 11 is 0. The number of hydrazine groups is 1. The van der Waals surface area contributed by atoms with E-state index >= 15 is 0 Å². The molecule has 0 spiro atoms. The molecular formula is C19H25N7O. The summed E-state index contributed by atoms with van der Waals surface area (Å²) < 4.78 is 0. The number of primary amides is 1. The minimum absolute atomic E-state index is 0.354. The van der Waals surface area contributed by atoms with Crippen LogP contribution in [0, 0.1) is 11.8 Å². The number of amides is 1. The Morgan fingerprint density at radius 3 is 3.04 bits per heavy atom. The number of anilines is 3. The van der Waals surface area contributed by atoms with Crippen LogP contribution in [0.1, 0.15) is 30.1 Å². The Balaban J connectivity index is 1.49. The summed E-state index contributed by atoms with van der Waals surface area (Å²) in [6.45, 7) is 3.25. The molecule has 1 amide bonds. The first-order valence-electron chi connectivity index (χ1n) is 9.35. The average Bonchev–Trinajstić information content (AvgIpc) is 3.14. The maximum Gasteiger partial charge on any atom is 0.248 e. The van der Waals surface area contributed by atoms with Crippen molar-refractivity contribution in [2.45, 2.75) is 31.8 Å². The fraction of sp³-hybridized carbons (Fsp3) is 0.421. The molecule has 2 aliphatic rings. The number of fused-ring (bicyclic) bond motifs is 1. The van der Waals surface area contributed by atoms with Crippen LogP contribution in [-0.4, -0.2) is 34.5 Å². The molecule has 4 rings (SSSR count). The molecule has 4 unspecified atom stereocenters. The van der Waals surface area contributed by atoms with Crippen LogP contribution in [0.15, 0.2) is 36.5 Å². The van der Waals surface area contributed by atoms with Gasteiger partial charge in [-0.1, -0.05) is 13.0 Å². The molecule has 0 bridgehead atoms. The molecule has 8 heteroatoms. The highest BCUT2D eigenvalue weighted by atomic mass is 16.1. The molecule has 0 radical (unpaired) electrons. The van der Waals surface area contributed by atoms with Gasteiger partial charge in [-0.05, 0) is 43.0 Å². The van der Waals surface area contributed by atoms with Crippen molar-refractivity contribution in [2.24, 2.45) is 17.6 Å². The van der Waals surface area contributed by atoms with Crippen molar-refractivity contribution in [1.29, 1.82) is 0 Å². The van der Waals surface area contributed by atoms with Gasteiger partial charge in [-0.2, -0.15) is 4.98 Å². The summed E-state index contributed by atoms with van der Waals surface area (Å²) in [6, 6.07) is 9.74. The van der Waals surface area contributed by atoms with Crippen LogP contribution in [0.5, 0.6) is 0 Å². The van der Waals surface area contributed by atoms with Crippen molar-refractivity contribution in [2.75, 3.05) is 17.2 Å². The molecule has 1 saturated heterocycles. The Bertz CT molecular complexity index is 827. The summed E-state index contributed by atoms with van der Waals surface area (Å²) in [6.07, 6.45) is 4.11. The topological polar surface area (TPSA) is 117 Å². The van der Waals surface area contributed by atoms with Crippen molar-refractivity contribution < 1.29 is 4.79 Å². The van der Waals surface area contributed by atoms with Gasteiger partial charge in [0.15, 0.2) is 0 Å². The maximum absolute atomic E-state index is 11.3. The highest BCUT2D eigenvalue weighted by Gasteiger charge is 2.40. The van der Waals surface area contributed by atoms with E-state index < -0.39 is 5.91 Å². The lowest BCUT2D eigenvalue weighted by molar-refractivity contribution is 0.100. The standard InChI is InChI=1S/C19H25N7O/c1-11-5-6-15-14(10-22-26-15)17(11)24-16-7-8-21-19(25-16)23-13-4-2-3-12(9-13)18(20)27/h2-4,7-9,11,14-15,17,22,26H,5-6,10H2,1H3,(H2,20,27)(H2,21,23,24,25). The van der Waals surface area contributed by atoms with Crippen LogP contribution in [0.4, 0.5) is 17.5 Å². The summed E-state index contributed by atoms with van der Waals surface area (Å²) in [7, 11) is 0. The summed E-state index contributed by atoms with van der Waals surface area (Å²) in [5, 5.41) is 6.75. The fourth-order valence-electron chi connectivity index (χ4n) is 4.06. The van der Waals surface area contributed by atoms with Gasteiger partial charge in [-0.15, -0.1) is 0 Å². The number of aromatic nitrogens is 2. The average molecular weight is 367 g/mol. The Hall–Kier alpha value is -2.71. The zero-order valence-corrected chi connectivity index (χ0v) is 15.3. The number of benzene rings is 1. The molecule has 2 fully saturated rings. The molecule has 8 nitrogen and oxygen atoms in total. The number of nitrogens with one attached hydrogen (secondary N) is 4. The first kappa shape index (κ1) is 17.7. The Morgan fingerprint density at radius 2 is 2.19 bits per heavy atom. The molecular weight excluding hydrogens is 342 g/mol. The SMILES string of the molecule is CC1CCC2NNCC2C1Nc1ccnc(Nc2cccc(C(N)=O)c2)n1. The third kappa shape index (κ3) is 3.86. The zero-order chi connectivity index (χ0) is 18.8. The number of hydrogen-bond donors (Lipinski definition) is 5. The van der Waals surface area contributed by atoms with Crippen molar-refractivity contribution in [3.63, 3.8) is 0 Å². The fourth-order valence-corrected chi connectivity index (χ4v) is 4.06. The van der Waals surface area contributed by atoms with E-state index in [1.165, 1.54) is 12.8 Å². The van der Waals surface area contributed by atoms with Gasteiger partial charge in [-0.3, -0.25) is 15.6 Å². The first-order chi connectivity index (χ1) is 13.1. The molecule has 1 aliphatic heterocycles. The van der Waals surface area contributed by atoms with E-state index in [1.807, 2.05) is 12.1 Å². The monoisotopic (exact) mass is 367 g/mol. The molecule has 1 aromatic heterocycles. The van der Waals surface area contributed by atoms with Crippen molar-refractivity contribution in [1.82, 2.24) is 20.8 Å². The lowest BCUT2D eigenvalue weighted by Crippen LogP contribution is -2.47. The van der Waals surface area contributed by atoms with Gasteiger partial charge in [0.05, 0.1) is 0 Å². The van der Waals surface area contributed by atoms with Crippen LogP contribution in [-0.2, 0) is 0 Å². The summed E-state index contributed by atoms with van der Waals surface area (Å²) in [4.78, 5) is 20.2. The molecule has 27 heavy (non-hydrogen) atoms. The molecule has 142 valence electrons. The van der Waals surface area contributed by atoms with Crippen LogP contribution in [0.2, 0.25) is 0 Å². The third-order valence-corrected chi connectivity index (χ3v) is 5.52. The van der Waals surface area contributed by atoms with Crippen LogP contribution >= 0.6 is 0 Å². The predicted molar refractivity (Wildman–Crippen MR) is 104 cm³/mol. The van der Waals surface area contributed by atoms with Crippen molar-refractivity contribution in [3.05, 3.63) is 42.1 Å². The van der Waals surface area contributed by atoms with Gasteiger partial charge in [0.25, 0.3) is 0 Å². The third-order valence-electron chi connectivity index (χ3n) is 5.52. The van der Waals surface area contributed by atoms with Crippen molar-refractivity contribution in [3.8, 4) is 0 Å². The maximum atomic E-state index is 11.3. The van der Waals surface area contributed by atoms with E-state index in [2.05, 4.69) is 38.4 Å². The second-order valence-electron chi connectivity index (χ2n) is 7.36. The predicted octanol–water partition coefficient (Wildman–Crippen LogP) is 1.62. The highest BCUT2D eigenvalue weighted by Crippen LogP contribution is 2.33. The second-order valence-corrected chi connectivity index (χ2v) is 7.36. The van der Waals surface area contributed by atoms with Gasteiger partial charge in [0.1, 0.15) is 5.82 Å². The number of hydrogen-bond acceptors (Lipinski definition) is 7. The van der Waals surface area contributed by atoms with E-state index in [0.29, 0.717) is 35.4 Å². The number of carbonyl (C=O) groups is 1. The largest absolute Gasteiger partial charge is 0.367 e. The van der Waals surface area contributed by atoms with E-state index in [-0.39, 0.29) is 0 Å². The van der Waals surface area contributed by atoms with Crippen molar-refractivity contribution >= 4 is 23.4 Å². The van der Waals surface area contributed by atoms with E-state index in [0.717, 1.165) is 18.1 Å². The quantitative estimate of drug-likeness (QED) is 0.545. The van der Waals surface area contributed by atoms with Crippen LogP contribution in [0.25, 0.3) is 0 Å². The zero-order valence-electron chi connectivity index (χ0n) is 15.3. The lowest BCUT2D eigenvalue weighted by atomic mass is 9.75. The minimum Gasteiger partial charge on any atom is -0.367 e. The summed E-state index contributed by atoms with van der Waals surface area (Å²) in [5.41, 5.74) is 13.2. The number of nitrogens with two attached hydrogens (primary N) is 1. The van der Waals surface area contributed by atoms with Crippen LogP contribution in [0.3, 0.4) is 0 Å². The van der Waals surface area contributed by atoms with Crippen LogP contribution < -0.4 is 27.2 Å². The Labute approximate surface area is 158 Å². The van der Waals surface area contributed by atoms with E-state index in [4.69, 9.17) is 5.73 Å². The molecule has 1 aliphatic carbocycles. The van der Waals surface area contributed by atoms with Gasteiger partial charge in [0.2, 0.25) is 11.9 Å². The summed E-state index contributed by atoms with van der Waals surface area (Å²) in [5.74, 6) is 1.92. The van der Waals surface area contributed by atoms with Gasteiger partial charge in [0, 0.05) is 42.0 Å². The minimum atomic E-state index is -0.463. The van der Waals surface area contributed by atoms with Gasteiger partial charge >= 0.3 is 0 Å². The van der Waals surface area contributed by atoms with E-state index in [1.54, 1.807) is 24.4 Å². The Morgan fingerprint density at radius 1 is 1.30 bits per heavy atom. The number of rotatable bonds is 5. The van der Waals surface area contributed by atoms with E-state index in [9.17, 15) is 4.79 Å². The molecule has 2 heterocycles. The molecule has 6 N–H and O–H groups in total. The first-order valence-corrected chi connectivity index (χ1v) is 9.35. The second kappa shape index (κ2) is 7.50. The van der Waals surface area contributed by atoms with Gasteiger partial charge < -0.3 is 16.4 Å². The van der Waals surface area contributed by atoms with Gasteiger partial charge in [-0.25, -0.2) is 4.98 Å². The molecule has 2 aromatic rings. The smallest absolute Gasteiger partial charge is 0.248 e.